The van der Waals surface area contributed by atoms with Gasteiger partial charge in [0.1, 0.15) is 5.67 Å². The zero-order valence-corrected chi connectivity index (χ0v) is 24.2. The Morgan fingerprint density at radius 3 is 1.09 bits per heavy atom. The van der Waals surface area contributed by atoms with Crippen LogP contribution >= 0.6 is 0 Å². The smallest absolute Gasteiger partial charge is 0.358 e. The molecule has 0 heterocycles. The van der Waals surface area contributed by atoms with E-state index in [0.717, 1.165) is 7.11 Å². The average Bonchev–Trinajstić information content (AvgIpc) is 2.78. The van der Waals surface area contributed by atoms with Crippen LogP contribution in [0.1, 0.15) is 103 Å². The molecule has 2 nitrogen and oxygen atoms in total. The number of rotatable bonds is 6. The minimum absolute atomic E-state index is 0.500. The highest BCUT2D eigenvalue weighted by Gasteiger charge is 2.54. The topological polar surface area (TPSA) is 18.5 Å². The van der Waals surface area contributed by atoms with Gasteiger partial charge in [0.2, 0.25) is 0 Å². The molecule has 0 aromatic carbocycles. The van der Waals surface area contributed by atoms with Crippen LogP contribution in [-0.2, 0) is 9.47 Å². The molecule has 0 fully saturated rings. The van der Waals surface area contributed by atoms with Gasteiger partial charge in [0.05, 0.1) is 19.7 Å². The Morgan fingerprint density at radius 2 is 0.970 bits per heavy atom. The highest BCUT2D eigenvalue weighted by atomic mass is 19.3. The molecule has 0 N–H and O–H groups in total. The summed E-state index contributed by atoms with van der Waals surface area (Å²) in [6.45, 7) is 21.4. The van der Waals surface area contributed by atoms with Gasteiger partial charge in [-0.3, -0.25) is 4.39 Å². The normalized spacial score (nSPS) is 12.8. The maximum absolute atomic E-state index is 14.7. The molecule has 33 heavy (non-hydrogen) atoms. The first-order valence-corrected chi connectivity index (χ1v) is 11.4. The molecule has 0 amide bonds. The Bertz CT molecular complexity index is 332. The van der Waals surface area contributed by atoms with Gasteiger partial charge in [-0.05, 0) is 12.3 Å². The number of hydrogen-bond acceptors (Lipinski definition) is 2. The Balaban J connectivity index is -0.0000000657. The van der Waals surface area contributed by atoms with Gasteiger partial charge in [-0.25, -0.2) is 17.6 Å². The molecule has 0 rings (SSSR count). The SMILES string of the molecule is CC.CC.CC.CC(F)(F)CF.CCC.CF.COC(C)C(F)(CC(F)(F)OC)C(C)(C)C. The van der Waals surface area contributed by atoms with Crippen LogP contribution in [-0.4, -0.2) is 51.9 Å². The molecule has 0 aliphatic rings. The molecule has 0 aliphatic heterocycles. The fourth-order valence-corrected chi connectivity index (χ4v) is 1.58. The van der Waals surface area contributed by atoms with Crippen LogP contribution in [0.15, 0.2) is 0 Å². The summed E-state index contributed by atoms with van der Waals surface area (Å²) in [7, 11) is 2.66. The van der Waals surface area contributed by atoms with Crippen LogP contribution in [0.5, 0.6) is 0 Å². The summed E-state index contributed by atoms with van der Waals surface area (Å²) in [5.41, 5.74) is -3.13. The monoisotopic (exact) mass is 508 g/mol. The van der Waals surface area contributed by atoms with Gasteiger partial charge < -0.3 is 9.47 Å². The van der Waals surface area contributed by atoms with Crippen LogP contribution < -0.4 is 0 Å². The Kier molecular flexibility index (Phi) is 44.2. The maximum Gasteiger partial charge on any atom is 0.358 e. The van der Waals surface area contributed by atoms with Crippen molar-refractivity contribution in [3.8, 4) is 0 Å². The highest BCUT2D eigenvalue weighted by Crippen LogP contribution is 2.45. The summed E-state index contributed by atoms with van der Waals surface area (Å²) < 4.78 is 92.3. The average molecular weight is 509 g/mol. The van der Waals surface area contributed by atoms with Gasteiger partial charge >= 0.3 is 6.11 Å². The Hall–Kier alpha value is -0.570. The quantitative estimate of drug-likeness (QED) is 0.332. The molecule has 0 bridgehead atoms. The van der Waals surface area contributed by atoms with Gasteiger partial charge in [0.15, 0.2) is 6.67 Å². The molecular weight excluding hydrogens is 453 g/mol. The van der Waals surface area contributed by atoms with Gasteiger partial charge in [-0.1, -0.05) is 82.6 Å². The lowest BCUT2D eigenvalue weighted by Crippen LogP contribution is -2.52. The van der Waals surface area contributed by atoms with E-state index >= 15 is 0 Å². The summed E-state index contributed by atoms with van der Waals surface area (Å²) in [5, 5.41) is 0. The Morgan fingerprint density at radius 1 is 0.727 bits per heavy atom. The first kappa shape index (κ1) is 49.5. The van der Waals surface area contributed by atoms with Crippen LogP contribution in [0.25, 0.3) is 0 Å². The van der Waals surface area contributed by atoms with E-state index < -0.39 is 42.3 Å². The highest BCUT2D eigenvalue weighted by molar-refractivity contribution is 4.97. The largest absolute Gasteiger partial charge is 0.378 e. The van der Waals surface area contributed by atoms with Gasteiger partial charge in [0, 0.05) is 21.1 Å². The third-order valence-electron chi connectivity index (χ3n) is 3.24. The molecule has 2 unspecified atom stereocenters. The molecule has 0 aromatic heterocycles. The summed E-state index contributed by atoms with van der Waals surface area (Å²) in [6, 6.07) is 0. The van der Waals surface area contributed by atoms with E-state index in [2.05, 4.69) is 18.6 Å². The zero-order valence-electron chi connectivity index (χ0n) is 24.2. The second-order valence-electron chi connectivity index (χ2n) is 6.92. The van der Waals surface area contributed by atoms with Crippen molar-refractivity contribution in [1.29, 1.82) is 0 Å². The van der Waals surface area contributed by atoms with Crippen LogP contribution in [0.3, 0.4) is 0 Å². The summed E-state index contributed by atoms with van der Waals surface area (Å²) in [5.74, 6) is -3.12. The lowest BCUT2D eigenvalue weighted by atomic mass is 9.72. The third-order valence-corrected chi connectivity index (χ3v) is 3.24. The molecule has 0 aliphatic carbocycles. The van der Waals surface area contributed by atoms with E-state index in [1.165, 1.54) is 20.5 Å². The van der Waals surface area contributed by atoms with E-state index in [9.17, 15) is 30.7 Å². The standard InChI is InChI=1S/C11H21F3O2.C3H5F3.C3H8.3C2H6.CH3F/c1-8(15-5)10(12,9(2,3)4)7-11(13,14)16-6;1-3(5,6)2-4;1-3-2;4*1-2/h8H,7H2,1-6H3;2H2,1H3;3H2,1-2H3;3*1-2H3;1H3. The number of hydrogen-bond donors (Lipinski definition) is 0. The number of halogens is 7. The first-order valence-electron chi connectivity index (χ1n) is 11.4. The predicted molar refractivity (Wildman–Crippen MR) is 130 cm³/mol. The molecule has 0 saturated carbocycles. The Labute approximate surface area is 201 Å². The van der Waals surface area contributed by atoms with Gasteiger partial charge in [0.25, 0.3) is 5.92 Å². The molecule has 9 heteroatoms. The third kappa shape index (κ3) is 33.7. The second kappa shape index (κ2) is 29.5. The van der Waals surface area contributed by atoms with Crippen molar-refractivity contribution in [2.24, 2.45) is 5.41 Å². The number of ether oxygens (including phenoxy) is 2. The maximum atomic E-state index is 14.7. The second-order valence-corrected chi connectivity index (χ2v) is 6.92. The molecule has 0 saturated heterocycles. The number of alkyl halides is 7. The summed E-state index contributed by atoms with van der Waals surface area (Å²) in [4.78, 5) is 0. The van der Waals surface area contributed by atoms with Crippen molar-refractivity contribution >= 4 is 0 Å². The lowest BCUT2D eigenvalue weighted by Gasteiger charge is -2.42. The molecule has 2 atom stereocenters. The van der Waals surface area contributed by atoms with Gasteiger partial charge in [-0.15, -0.1) is 0 Å². The molecule has 0 radical (unpaired) electrons. The summed E-state index contributed by atoms with van der Waals surface area (Å²) >= 11 is 0. The van der Waals surface area contributed by atoms with Crippen LogP contribution in [0.4, 0.5) is 30.7 Å². The first-order chi connectivity index (χ1) is 15.0. The van der Waals surface area contributed by atoms with E-state index in [-0.39, 0.29) is 0 Å². The molecule has 0 aromatic rings. The molecular formula is C24H55F7O2. The van der Waals surface area contributed by atoms with Crippen LogP contribution in [0, 0.1) is 5.41 Å². The molecule has 212 valence electrons. The van der Waals surface area contributed by atoms with E-state index in [4.69, 9.17) is 4.74 Å². The van der Waals surface area contributed by atoms with Crippen LogP contribution in [0.2, 0.25) is 0 Å². The zero-order chi connectivity index (χ0) is 29.1. The van der Waals surface area contributed by atoms with E-state index in [1.54, 1.807) is 20.8 Å². The van der Waals surface area contributed by atoms with Crippen molar-refractivity contribution in [2.75, 3.05) is 28.1 Å². The van der Waals surface area contributed by atoms with E-state index in [0.29, 0.717) is 14.1 Å². The van der Waals surface area contributed by atoms with E-state index in [1.807, 2.05) is 41.5 Å². The lowest BCUT2D eigenvalue weighted by molar-refractivity contribution is -0.262. The summed E-state index contributed by atoms with van der Waals surface area (Å²) in [6.07, 6.45) is -4.20. The van der Waals surface area contributed by atoms with Gasteiger partial charge in [-0.2, -0.15) is 8.78 Å². The fraction of sp³-hybridized carbons (Fsp3) is 1.00. The van der Waals surface area contributed by atoms with Crippen molar-refractivity contribution in [2.45, 2.75) is 127 Å². The molecule has 0 spiro atoms. The van der Waals surface area contributed by atoms with Crippen molar-refractivity contribution in [1.82, 2.24) is 0 Å². The fourth-order valence-electron chi connectivity index (χ4n) is 1.58. The minimum Gasteiger partial charge on any atom is -0.378 e. The number of methoxy groups -OCH3 is 2. The van der Waals surface area contributed by atoms with Crippen molar-refractivity contribution < 1.29 is 40.2 Å². The van der Waals surface area contributed by atoms with Crippen molar-refractivity contribution in [3.63, 3.8) is 0 Å². The minimum atomic E-state index is -3.49. The van der Waals surface area contributed by atoms with Crippen molar-refractivity contribution in [3.05, 3.63) is 0 Å². The predicted octanol–water partition coefficient (Wildman–Crippen LogP) is 10.1.